The van der Waals surface area contributed by atoms with E-state index in [2.05, 4.69) is 0 Å². The summed E-state index contributed by atoms with van der Waals surface area (Å²) in [5.74, 6) is 0.857. The van der Waals surface area contributed by atoms with Crippen molar-refractivity contribution in [1.82, 2.24) is 0 Å². The summed E-state index contributed by atoms with van der Waals surface area (Å²) in [6.45, 7) is 2.22. The van der Waals surface area contributed by atoms with Crippen LogP contribution in [0.1, 0.15) is 42.1 Å². The van der Waals surface area contributed by atoms with Crippen molar-refractivity contribution < 1.29 is 23.8 Å². The lowest BCUT2D eigenvalue weighted by Gasteiger charge is -2.17. The van der Waals surface area contributed by atoms with Gasteiger partial charge in [-0.05, 0) is 43.5 Å². The van der Waals surface area contributed by atoms with E-state index in [1.807, 2.05) is 30.3 Å². The summed E-state index contributed by atoms with van der Waals surface area (Å²) in [7, 11) is 1.54. The molecule has 1 fully saturated rings. The zero-order valence-electron chi connectivity index (χ0n) is 15.7. The van der Waals surface area contributed by atoms with Crippen molar-refractivity contribution >= 4 is 11.8 Å². The number of hydrogen-bond donors (Lipinski definition) is 0. The molecule has 1 aliphatic carbocycles. The van der Waals surface area contributed by atoms with Crippen LogP contribution in [-0.2, 0) is 16.1 Å². The Morgan fingerprint density at radius 3 is 2.41 bits per heavy atom. The van der Waals surface area contributed by atoms with Crippen molar-refractivity contribution in [2.24, 2.45) is 5.41 Å². The van der Waals surface area contributed by atoms with Gasteiger partial charge in [-0.1, -0.05) is 30.3 Å². The van der Waals surface area contributed by atoms with E-state index in [9.17, 15) is 9.59 Å². The first-order valence-electron chi connectivity index (χ1n) is 9.03. The Labute approximate surface area is 159 Å². The van der Waals surface area contributed by atoms with Crippen LogP contribution in [0.5, 0.6) is 11.5 Å². The van der Waals surface area contributed by atoms with Gasteiger partial charge >= 0.3 is 5.97 Å². The third-order valence-corrected chi connectivity index (χ3v) is 4.82. The Morgan fingerprint density at radius 1 is 1.04 bits per heavy atom. The van der Waals surface area contributed by atoms with Gasteiger partial charge in [0.25, 0.3) is 0 Å². The van der Waals surface area contributed by atoms with Gasteiger partial charge in [-0.3, -0.25) is 9.59 Å². The summed E-state index contributed by atoms with van der Waals surface area (Å²) < 4.78 is 16.6. The fourth-order valence-electron chi connectivity index (χ4n) is 2.88. The number of carbonyl (C=O) groups is 2. The largest absolute Gasteiger partial charge is 0.493 e. The van der Waals surface area contributed by atoms with Gasteiger partial charge in [-0.25, -0.2) is 0 Å². The standard InChI is InChI=1S/C22H24O5/c1-16(23)18-8-9-19(20(12-18)25-2)27-15-22(10-11-22)13-21(24)26-14-17-6-4-3-5-7-17/h3-9,12H,10-11,13-15H2,1-2H3. The van der Waals surface area contributed by atoms with E-state index >= 15 is 0 Å². The molecule has 3 rings (SSSR count). The highest BCUT2D eigenvalue weighted by Crippen LogP contribution is 2.49. The molecule has 0 aliphatic heterocycles. The molecule has 5 nitrogen and oxygen atoms in total. The molecule has 0 radical (unpaired) electrons. The van der Waals surface area contributed by atoms with Crippen LogP contribution in [0.15, 0.2) is 48.5 Å². The molecule has 0 spiro atoms. The Morgan fingerprint density at radius 2 is 1.78 bits per heavy atom. The molecule has 0 atom stereocenters. The molecule has 0 N–H and O–H groups in total. The lowest BCUT2D eigenvalue weighted by Crippen LogP contribution is -2.19. The number of hydrogen-bond acceptors (Lipinski definition) is 5. The van der Waals surface area contributed by atoms with Gasteiger partial charge in [0.05, 0.1) is 20.1 Å². The number of Topliss-reactive ketones (excluding diaryl/α,β-unsaturated/α-hetero) is 1. The summed E-state index contributed by atoms with van der Waals surface area (Å²) in [4.78, 5) is 23.7. The van der Waals surface area contributed by atoms with Gasteiger partial charge in [-0.2, -0.15) is 0 Å². The highest BCUT2D eigenvalue weighted by Gasteiger charge is 2.46. The predicted molar refractivity (Wildman–Crippen MR) is 101 cm³/mol. The molecular weight excluding hydrogens is 344 g/mol. The first kappa shape index (κ1) is 19.0. The van der Waals surface area contributed by atoms with E-state index in [4.69, 9.17) is 14.2 Å². The second kappa shape index (κ2) is 8.25. The lowest BCUT2D eigenvalue weighted by molar-refractivity contribution is -0.146. The number of esters is 1. The summed E-state index contributed by atoms with van der Waals surface area (Å²) in [6, 6.07) is 14.8. The van der Waals surface area contributed by atoms with Crippen molar-refractivity contribution in [1.29, 1.82) is 0 Å². The normalized spacial score (nSPS) is 14.3. The second-order valence-electron chi connectivity index (χ2n) is 7.03. The number of ketones is 1. The molecular formula is C22H24O5. The third kappa shape index (κ3) is 5.09. The zero-order valence-corrected chi connectivity index (χ0v) is 15.7. The van der Waals surface area contributed by atoms with E-state index in [1.54, 1.807) is 25.3 Å². The van der Waals surface area contributed by atoms with Crippen LogP contribution in [0.4, 0.5) is 0 Å². The fraction of sp³-hybridized carbons (Fsp3) is 0.364. The van der Waals surface area contributed by atoms with E-state index in [0.29, 0.717) is 30.1 Å². The first-order chi connectivity index (χ1) is 13.0. The monoisotopic (exact) mass is 368 g/mol. The van der Waals surface area contributed by atoms with Crippen molar-refractivity contribution in [2.75, 3.05) is 13.7 Å². The molecule has 0 saturated heterocycles. The SMILES string of the molecule is COc1cc(C(C)=O)ccc1OCC1(CC(=O)OCc2ccccc2)CC1. The van der Waals surface area contributed by atoms with Crippen LogP contribution in [0.3, 0.4) is 0 Å². The van der Waals surface area contributed by atoms with Crippen molar-refractivity contribution in [2.45, 2.75) is 32.8 Å². The highest BCUT2D eigenvalue weighted by atomic mass is 16.5. The number of rotatable bonds is 9. The number of carbonyl (C=O) groups excluding carboxylic acids is 2. The maximum Gasteiger partial charge on any atom is 0.306 e. The minimum atomic E-state index is -0.209. The summed E-state index contributed by atoms with van der Waals surface area (Å²) >= 11 is 0. The van der Waals surface area contributed by atoms with Gasteiger partial charge in [0.2, 0.25) is 0 Å². The Bertz CT molecular complexity index is 809. The van der Waals surface area contributed by atoms with Gasteiger partial charge in [-0.15, -0.1) is 0 Å². The average molecular weight is 368 g/mol. The molecule has 0 amide bonds. The molecule has 1 saturated carbocycles. The number of ether oxygens (including phenoxy) is 3. The zero-order chi connectivity index (χ0) is 19.3. The summed E-state index contributed by atoms with van der Waals surface area (Å²) in [5.41, 5.74) is 1.38. The summed E-state index contributed by atoms with van der Waals surface area (Å²) in [6.07, 6.45) is 2.20. The number of methoxy groups -OCH3 is 1. The van der Waals surface area contributed by atoms with Crippen LogP contribution < -0.4 is 9.47 Å². The molecule has 0 aromatic heterocycles. The Kier molecular flexibility index (Phi) is 5.79. The summed E-state index contributed by atoms with van der Waals surface area (Å²) in [5, 5.41) is 0. The van der Waals surface area contributed by atoms with E-state index < -0.39 is 0 Å². The van der Waals surface area contributed by atoms with Crippen molar-refractivity contribution in [3.05, 3.63) is 59.7 Å². The maximum atomic E-state index is 12.2. The fourth-order valence-corrected chi connectivity index (χ4v) is 2.88. The van der Waals surface area contributed by atoms with Crippen LogP contribution in [0.2, 0.25) is 0 Å². The molecule has 0 heterocycles. The Balaban J connectivity index is 1.53. The third-order valence-electron chi connectivity index (χ3n) is 4.82. The molecule has 5 heteroatoms. The molecule has 27 heavy (non-hydrogen) atoms. The van der Waals surface area contributed by atoms with E-state index in [1.165, 1.54) is 6.92 Å². The van der Waals surface area contributed by atoms with Gasteiger partial charge in [0, 0.05) is 11.0 Å². The van der Waals surface area contributed by atoms with Gasteiger partial charge in [0.1, 0.15) is 6.61 Å². The van der Waals surface area contributed by atoms with Gasteiger partial charge < -0.3 is 14.2 Å². The highest BCUT2D eigenvalue weighted by molar-refractivity contribution is 5.94. The van der Waals surface area contributed by atoms with E-state index in [0.717, 1.165) is 18.4 Å². The first-order valence-corrected chi connectivity index (χ1v) is 9.03. The predicted octanol–water partition coefficient (Wildman–Crippen LogP) is 4.19. The molecule has 142 valence electrons. The van der Waals surface area contributed by atoms with Crippen LogP contribution >= 0.6 is 0 Å². The van der Waals surface area contributed by atoms with Crippen LogP contribution in [-0.4, -0.2) is 25.5 Å². The lowest BCUT2D eigenvalue weighted by atomic mass is 10.0. The minimum absolute atomic E-state index is 0.0281. The molecule has 2 aromatic rings. The van der Waals surface area contributed by atoms with Crippen molar-refractivity contribution in [3.8, 4) is 11.5 Å². The topological polar surface area (TPSA) is 61.8 Å². The smallest absolute Gasteiger partial charge is 0.306 e. The minimum Gasteiger partial charge on any atom is -0.493 e. The van der Waals surface area contributed by atoms with Crippen molar-refractivity contribution in [3.63, 3.8) is 0 Å². The molecule has 0 unspecified atom stereocenters. The average Bonchev–Trinajstić information content (AvgIpc) is 3.45. The molecule has 1 aliphatic rings. The molecule has 2 aromatic carbocycles. The number of benzene rings is 2. The van der Waals surface area contributed by atoms with Crippen LogP contribution in [0.25, 0.3) is 0 Å². The Hall–Kier alpha value is -2.82. The second-order valence-corrected chi connectivity index (χ2v) is 7.03. The maximum absolute atomic E-state index is 12.2. The van der Waals surface area contributed by atoms with E-state index in [-0.39, 0.29) is 23.8 Å². The molecule has 0 bridgehead atoms. The quantitative estimate of drug-likeness (QED) is 0.491. The van der Waals surface area contributed by atoms with Gasteiger partial charge in [0.15, 0.2) is 17.3 Å². The van der Waals surface area contributed by atoms with Crippen LogP contribution in [0, 0.1) is 5.41 Å².